The zero-order valence-corrected chi connectivity index (χ0v) is 26.1. The fraction of sp³-hybridized carbons (Fsp3) is 0.351. The van der Waals surface area contributed by atoms with Gasteiger partial charge in [-0.15, -0.1) is 0 Å². The van der Waals surface area contributed by atoms with Crippen LogP contribution in [0.5, 0.6) is 23.0 Å². The molecule has 0 aromatic heterocycles. The molecule has 0 aliphatic heterocycles. The van der Waals surface area contributed by atoms with Crippen LogP contribution in [0.3, 0.4) is 0 Å². The lowest BCUT2D eigenvalue weighted by Crippen LogP contribution is -2.36. The molecule has 0 amide bonds. The Morgan fingerprint density at radius 2 is 0.512 bits per heavy atom. The van der Waals surface area contributed by atoms with Crippen molar-refractivity contribution in [3.63, 3.8) is 0 Å². The summed E-state index contributed by atoms with van der Waals surface area (Å²) in [5.74, 6) is 1.19. The molecule has 0 unspecified atom stereocenters. The molecule has 4 N–H and O–H groups in total. The molecule has 0 fully saturated rings. The van der Waals surface area contributed by atoms with Gasteiger partial charge in [0.15, 0.2) is 0 Å². The van der Waals surface area contributed by atoms with Gasteiger partial charge < -0.3 is 20.4 Å². The monoisotopic (exact) mass is 552 g/mol. The summed E-state index contributed by atoms with van der Waals surface area (Å²) in [6.07, 6.45) is 0.640. The summed E-state index contributed by atoms with van der Waals surface area (Å²) in [7, 11) is 0. The van der Waals surface area contributed by atoms with Crippen LogP contribution in [-0.2, 0) is 10.8 Å². The first-order chi connectivity index (χ1) is 19.0. The lowest BCUT2D eigenvalue weighted by atomic mass is 9.60. The van der Waals surface area contributed by atoms with E-state index in [-0.39, 0.29) is 0 Å². The van der Waals surface area contributed by atoms with Crippen molar-refractivity contribution in [2.75, 3.05) is 0 Å². The molecule has 0 atom stereocenters. The predicted octanol–water partition coefficient (Wildman–Crippen LogP) is 8.68. The van der Waals surface area contributed by atoms with Crippen LogP contribution in [0.2, 0.25) is 0 Å². The van der Waals surface area contributed by atoms with E-state index in [1.807, 2.05) is 55.4 Å². The average molecular weight is 553 g/mol. The Kier molecular flexibility index (Phi) is 7.68. The summed E-state index contributed by atoms with van der Waals surface area (Å²) in [6, 6.07) is 16.6. The van der Waals surface area contributed by atoms with Gasteiger partial charge in [0.1, 0.15) is 23.0 Å². The fourth-order valence-electron chi connectivity index (χ4n) is 6.55. The third-order valence-electron chi connectivity index (χ3n) is 9.22. The zero-order valence-electron chi connectivity index (χ0n) is 26.1. The zero-order chi connectivity index (χ0) is 30.6. The van der Waals surface area contributed by atoms with E-state index in [2.05, 4.69) is 62.4 Å². The van der Waals surface area contributed by atoms with Crippen LogP contribution in [0.15, 0.2) is 48.5 Å². The number of aromatic hydroxyl groups is 4. The summed E-state index contributed by atoms with van der Waals surface area (Å²) in [6.45, 7) is 19.9. The van der Waals surface area contributed by atoms with Gasteiger partial charge in [0, 0.05) is 10.8 Å². The molecule has 0 heterocycles. The van der Waals surface area contributed by atoms with Gasteiger partial charge in [-0.2, -0.15) is 0 Å². The Morgan fingerprint density at radius 3 is 0.659 bits per heavy atom. The van der Waals surface area contributed by atoms with E-state index < -0.39 is 10.8 Å². The van der Waals surface area contributed by atoms with Crippen LogP contribution in [-0.4, -0.2) is 20.4 Å². The Labute approximate surface area is 245 Å². The van der Waals surface area contributed by atoms with Gasteiger partial charge in [0.05, 0.1) is 0 Å². The number of phenols is 4. The maximum atomic E-state index is 10.7. The second-order valence-electron chi connectivity index (χ2n) is 12.7. The summed E-state index contributed by atoms with van der Waals surface area (Å²) in [5, 5.41) is 42.7. The molecule has 0 radical (unpaired) electrons. The first-order valence-corrected chi connectivity index (χ1v) is 14.2. The van der Waals surface area contributed by atoms with Crippen molar-refractivity contribution >= 4 is 0 Å². The number of aryl methyl sites for hydroxylation is 8. The highest BCUT2D eigenvalue weighted by Gasteiger charge is 2.42. The van der Waals surface area contributed by atoms with Gasteiger partial charge in [0.25, 0.3) is 0 Å². The minimum atomic E-state index is -0.555. The highest BCUT2D eigenvalue weighted by molar-refractivity contribution is 5.56. The van der Waals surface area contributed by atoms with Crippen LogP contribution < -0.4 is 0 Å². The molecule has 216 valence electrons. The van der Waals surface area contributed by atoms with E-state index in [1.165, 1.54) is 0 Å². The van der Waals surface area contributed by atoms with Crippen LogP contribution in [0.4, 0.5) is 0 Å². The van der Waals surface area contributed by atoms with Crippen molar-refractivity contribution in [1.82, 2.24) is 0 Å². The number of hydrogen-bond acceptors (Lipinski definition) is 4. The second kappa shape index (κ2) is 10.5. The molecule has 4 heteroatoms. The molecule has 41 heavy (non-hydrogen) atoms. The highest BCUT2D eigenvalue weighted by Crippen LogP contribution is 2.50. The molecule has 4 rings (SSSR count). The topological polar surface area (TPSA) is 80.9 Å². The number of benzene rings is 4. The maximum absolute atomic E-state index is 10.7. The number of phenolic OH excluding ortho intramolecular Hbond substituents is 4. The lowest BCUT2D eigenvalue weighted by molar-refractivity contribution is 0.389. The van der Waals surface area contributed by atoms with Crippen LogP contribution in [0.1, 0.15) is 87.0 Å². The van der Waals surface area contributed by atoms with Gasteiger partial charge in [-0.1, -0.05) is 62.4 Å². The molecule has 0 saturated carbocycles. The maximum Gasteiger partial charge on any atom is 0.121 e. The largest absolute Gasteiger partial charge is 0.507 e. The van der Waals surface area contributed by atoms with Crippen molar-refractivity contribution in [3.05, 3.63) is 115 Å². The third kappa shape index (κ3) is 5.16. The van der Waals surface area contributed by atoms with Gasteiger partial charge in [-0.05, 0) is 129 Å². The van der Waals surface area contributed by atoms with E-state index in [0.717, 1.165) is 66.8 Å². The van der Waals surface area contributed by atoms with Crippen LogP contribution >= 0.6 is 0 Å². The smallest absolute Gasteiger partial charge is 0.121 e. The Morgan fingerprint density at radius 1 is 0.366 bits per heavy atom. The molecule has 0 aliphatic rings. The number of rotatable bonds is 6. The molecular weight excluding hydrogens is 508 g/mol. The second-order valence-corrected chi connectivity index (χ2v) is 12.7. The Hall–Kier alpha value is -3.92. The van der Waals surface area contributed by atoms with Gasteiger partial charge in [-0.25, -0.2) is 0 Å². The minimum absolute atomic E-state index is 0.298. The molecule has 0 aliphatic carbocycles. The van der Waals surface area contributed by atoms with E-state index in [0.29, 0.717) is 29.4 Å². The van der Waals surface area contributed by atoms with Crippen LogP contribution in [0.25, 0.3) is 0 Å². The summed E-state index contributed by atoms with van der Waals surface area (Å²) < 4.78 is 0. The fourth-order valence-corrected chi connectivity index (χ4v) is 6.55. The molecule has 0 spiro atoms. The SMILES string of the molecule is Cc1cc(C(C)(CC(C)(c2cc(C)c(O)c(C)c2)c2cc(C)c(O)c(C)c2)c2cc(C)c(O)c(C)c2)cc(C)c1O. The van der Waals surface area contributed by atoms with E-state index in [4.69, 9.17) is 0 Å². The summed E-state index contributed by atoms with van der Waals surface area (Å²) in [5.41, 5.74) is 9.67. The van der Waals surface area contributed by atoms with E-state index in [1.54, 1.807) is 0 Å². The van der Waals surface area contributed by atoms with Crippen molar-refractivity contribution < 1.29 is 20.4 Å². The first kappa shape index (κ1) is 30.0. The van der Waals surface area contributed by atoms with Crippen LogP contribution in [0, 0.1) is 55.4 Å². The quantitative estimate of drug-likeness (QED) is 0.193. The van der Waals surface area contributed by atoms with Crippen molar-refractivity contribution in [2.24, 2.45) is 0 Å². The molecule has 0 saturated heterocycles. The molecule has 4 nitrogen and oxygen atoms in total. The Balaban J connectivity index is 2.11. The summed E-state index contributed by atoms with van der Waals surface area (Å²) >= 11 is 0. The molecule has 0 bridgehead atoms. The van der Waals surface area contributed by atoms with Crippen molar-refractivity contribution in [1.29, 1.82) is 0 Å². The number of hydrogen-bond donors (Lipinski definition) is 4. The Bertz CT molecular complexity index is 1330. The highest BCUT2D eigenvalue weighted by atomic mass is 16.3. The lowest BCUT2D eigenvalue weighted by Gasteiger charge is -2.42. The average Bonchev–Trinajstić information content (AvgIpc) is 2.90. The van der Waals surface area contributed by atoms with E-state index >= 15 is 0 Å². The van der Waals surface area contributed by atoms with Gasteiger partial charge >= 0.3 is 0 Å². The van der Waals surface area contributed by atoms with Crippen molar-refractivity contribution in [2.45, 2.75) is 86.5 Å². The summed E-state index contributed by atoms with van der Waals surface area (Å²) in [4.78, 5) is 0. The van der Waals surface area contributed by atoms with Gasteiger partial charge in [0.2, 0.25) is 0 Å². The van der Waals surface area contributed by atoms with Gasteiger partial charge in [-0.3, -0.25) is 0 Å². The van der Waals surface area contributed by atoms with Crippen molar-refractivity contribution in [3.8, 4) is 23.0 Å². The third-order valence-corrected chi connectivity index (χ3v) is 9.22. The normalized spacial score (nSPS) is 12.1. The minimum Gasteiger partial charge on any atom is -0.507 e. The molecule has 4 aromatic rings. The molecule has 4 aromatic carbocycles. The first-order valence-electron chi connectivity index (χ1n) is 14.2. The molecular formula is C37H44O4. The standard InChI is InChI=1S/C37H44O4/c1-20-11-28(12-21(2)32(20)38)36(9,29-13-22(3)33(39)23(4)14-29)19-37(10,30-15-24(5)34(40)25(6)16-30)31-17-26(7)35(41)27(8)18-31/h11-18,38-41H,19H2,1-10H3. The predicted molar refractivity (Wildman–Crippen MR) is 168 cm³/mol. The van der Waals surface area contributed by atoms with E-state index in [9.17, 15) is 20.4 Å².